The van der Waals surface area contributed by atoms with Crippen molar-refractivity contribution < 1.29 is 39.0 Å². The fraction of sp³-hybridized carbons (Fsp3) is 0.450. The first-order valence-corrected chi connectivity index (χ1v) is 9.98. The number of aryl methyl sites for hydroxylation is 1. The molecule has 0 amide bonds. The Bertz CT molecular complexity index is 1020. The summed E-state index contributed by atoms with van der Waals surface area (Å²) in [5, 5.41) is 37.1. The van der Waals surface area contributed by atoms with Crippen molar-refractivity contribution in [1.82, 2.24) is 15.0 Å². The minimum Gasteiger partial charge on any atom is -0.492 e. The van der Waals surface area contributed by atoms with Crippen LogP contribution in [0.4, 0.5) is 5.69 Å². The maximum atomic E-state index is 12.2. The van der Waals surface area contributed by atoms with Crippen LogP contribution in [0.2, 0.25) is 0 Å². The van der Waals surface area contributed by atoms with Gasteiger partial charge in [0.25, 0.3) is 5.69 Å². The molecule has 2 aromatic rings. The van der Waals surface area contributed by atoms with Crippen molar-refractivity contribution in [2.24, 2.45) is 5.92 Å². The zero-order valence-corrected chi connectivity index (χ0v) is 18.0. The second kappa shape index (κ2) is 11.5. The molecule has 2 atom stereocenters. The fourth-order valence-corrected chi connectivity index (χ4v) is 3.00. The maximum absolute atomic E-state index is 12.2. The minimum absolute atomic E-state index is 0.0693. The quantitative estimate of drug-likeness (QED) is 0.251. The molecule has 13 heteroatoms. The van der Waals surface area contributed by atoms with E-state index in [4.69, 9.17) is 14.6 Å². The van der Waals surface area contributed by atoms with Gasteiger partial charge in [0.05, 0.1) is 35.1 Å². The van der Waals surface area contributed by atoms with Crippen molar-refractivity contribution in [1.29, 1.82) is 0 Å². The van der Waals surface area contributed by atoms with Gasteiger partial charge < -0.3 is 19.7 Å². The summed E-state index contributed by atoms with van der Waals surface area (Å²) in [5.74, 6) is -4.37. The van der Waals surface area contributed by atoms with Gasteiger partial charge in [-0.05, 0) is 32.4 Å². The Labute approximate surface area is 188 Å². The van der Waals surface area contributed by atoms with E-state index in [0.717, 1.165) is 5.69 Å². The van der Waals surface area contributed by atoms with Crippen LogP contribution in [0, 0.1) is 23.0 Å². The summed E-state index contributed by atoms with van der Waals surface area (Å²) >= 11 is 0. The highest BCUT2D eigenvalue weighted by molar-refractivity contribution is 5.79. The molecule has 0 aliphatic carbocycles. The monoisotopic (exact) mass is 464 g/mol. The zero-order valence-electron chi connectivity index (χ0n) is 18.0. The Morgan fingerprint density at radius 3 is 2.58 bits per heavy atom. The normalized spacial score (nSPS) is 12.5. The smallest absolute Gasteiger partial charge is 0.307 e. The van der Waals surface area contributed by atoms with Gasteiger partial charge in [-0.25, -0.2) is 4.68 Å². The van der Waals surface area contributed by atoms with Gasteiger partial charge >= 0.3 is 17.9 Å². The van der Waals surface area contributed by atoms with Gasteiger partial charge in [-0.2, -0.15) is 0 Å². The molecule has 13 nitrogen and oxygen atoms in total. The molecule has 0 saturated heterocycles. The number of carboxylic acid groups (broad SMARTS) is 2. The molecular formula is C20H24N4O9. The Balaban J connectivity index is 2.06. The van der Waals surface area contributed by atoms with Crippen LogP contribution in [0.1, 0.15) is 43.5 Å². The summed E-state index contributed by atoms with van der Waals surface area (Å²) in [6, 6.07) is 4.01. The van der Waals surface area contributed by atoms with Gasteiger partial charge in [0.2, 0.25) is 0 Å². The number of benzene rings is 1. The van der Waals surface area contributed by atoms with Crippen molar-refractivity contribution in [3.63, 3.8) is 0 Å². The van der Waals surface area contributed by atoms with Crippen LogP contribution in [0.3, 0.4) is 0 Å². The molecule has 0 radical (unpaired) electrons. The van der Waals surface area contributed by atoms with E-state index in [1.165, 1.54) is 25.1 Å². The highest BCUT2D eigenvalue weighted by Crippen LogP contribution is 2.32. The lowest BCUT2D eigenvalue weighted by Gasteiger charge is -2.17. The number of rotatable bonds is 13. The lowest BCUT2D eigenvalue weighted by Crippen LogP contribution is -2.21. The first-order chi connectivity index (χ1) is 15.6. The highest BCUT2D eigenvalue weighted by atomic mass is 16.6. The molecule has 2 N–H and O–H groups in total. The van der Waals surface area contributed by atoms with Crippen LogP contribution < -0.4 is 4.74 Å². The van der Waals surface area contributed by atoms with E-state index in [9.17, 15) is 29.6 Å². The standard InChI is InChI=1S/C20H24N4O9/c1-12-11-23(22-21-12)7-8-32-15-4-5-17(24(30)31)16(10-15)13(2)33-19(27)9-14(20(28)29)3-6-18(25)26/h4-5,10-11,13-14H,3,6-9H2,1-2H3,(H,25,26)(H,28,29)/t13?,14-/m1/s1. The maximum Gasteiger partial charge on any atom is 0.307 e. The van der Waals surface area contributed by atoms with E-state index in [1.807, 2.05) is 0 Å². The number of hydrogen-bond donors (Lipinski definition) is 2. The zero-order chi connectivity index (χ0) is 24.5. The third-order valence-electron chi connectivity index (χ3n) is 4.65. The molecule has 0 saturated carbocycles. The summed E-state index contributed by atoms with van der Waals surface area (Å²) < 4.78 is 12.4. The van der Waals surface area contributed by atoms with E-state index >= 15 is 0 Å². The van der Waals surface area contributed by atoms with E-state index < -0.39 is 47.7 Å². The number of nitro benzene ring substituents is 1. The number of aromatic nitrogens is 3. The SMILES string of the molecule is Cc1cn(CCOc2ccc([N+](=O)[O-])c(C(C)OC(=O)C[C@@H](CCC(=O)O)C(=O)O)c2)nn1. The molecule has 178 valence electrons. The van der Waals surface area contributed by atoms with E-state index in [1.54, 1.807) is 17.8 Å². The van der Waals surface area contributed by atoms with E-state index in [0.29, 0.717) is 12.3 Å². The second-order valence-corrected chi connectivity index (χ2v) is 7.25. The van der Waals surface area contributed by atoms with Crippen LogP contribution in [0.25, 0.3) is 0 Å². The molecule has 2 rings (SSSR count). The van der Waals surface area contributed by atoms with Gasteiger partial charge in [-0.1, -0.05) is 5.21 Å². The number of ether oxygens (including phenoxy) is 2. The first kappa shape index (κ1) is 25.2. The number of carbonyl (C=O) groups is 3. The predicted molar refractivity (Wildman–Crippen MR) is 110 cm³/mol. The van der Waals surface area contributed by atoms with Crippen LogP contribution in [-0.2, 0) is 25.7 Å². The van der Waals surface area contributed by atoms with Crippen molar-refractivity contribution in [3.8, 4) is 5.75 Å². The molecule has 0 bridgehead atoms. The summed E-state index contributed by atoms with van der Waals surface area (Å²) in [7, 11) is 0. The summed E-state index contributed by atoms with van der Waals surface area (Å²) in [4.78, 5) is 45.0. The molecule has 0 aliphatic rings. The number of aliphatic carboxylic acids is 2. The number of carbonyl (C=O) groups excluding carboxylic acids is 1. The van der Waals surface area contributed by atoms with Crippen molar-refractivity contribution in [2.45, 2.75) is 45.8 Å². The minimum atomic E-state index is -1.33. The van der Waals surface area contributed by atoms with Crippen molar-refractivity contribution >= 4 is 23.6 Å². The molecule has 1 unspecified atom stereocenters. The number of hydrogen-bond acceptors (Lipinski definition) is 9. The highest BCUT2D eigenvalue weighted by Gasteiger charge is 2.27. The first-order valence-electron chi connectivity index (χ1n) is 9.98. The third kappa shape index (κ3) is 7.87. The average molecular weight is 464 g/mol. The average Bonchev–Trinajstić information content (AvgIpc) is 3.15. The Kier molecular flexibility index (Phi) is 8.83. The molecule has 1 aromatic carbocycles. The third-order valence-corrected chi connectivity index (χ3v) is 4.65. The molecule has 0 aliphatic heterocycles. The van der Waals surface area contributed by atoms with Crippen LogP contribution in [0.15, 0.2) is 24.4 Å². The van der Waals surface area contributed by atoms with Gasteiger partial charge in [0.1, 0.15) is 18.5 Å². The van der Waals surface area contributed by atoms with Gasteiger partial charge in [0.15, 0.2) is 0 Å². The number of carboxylic acids is 2. The van der Waals surface area contributed by atoms with Crippen LogP contribution in [0.5, 0.6) is 5.75 Å². The lowest BCUT2D eigenvalue weighted by molar-refractivity contribution is -0.386. The van der Waals surface area contributed by atoms with Crippen molar-refractivity contribution in [3.05, 3.63) is 45.8 Å². The van der Waals surface area contributed by atoms with Gasteiger partial charge in [-0.15, -0.1) is 5.10 Å². The topological polar surface area (TPSA) is 184 Å². The van der Waals surface area contributed by atoms with E-state index in [-0.39, 0.29) is 24.3 Å². The molecule has 0 fully saturated rings. The van der Waals surface area contributed by atoms with Gasteiger partial charge in [0, 0.05) is 18.7 Å². The Morgan fingerprint density at radius 2 is 2.00 bits per heavy atom. The fourth-order valence-electron chi connectivity index (χ4n) is 3.00. The van der Waals surface area contributed by atoms with Crippen molar-refractivity contribution in [2.75, 3.05) is 6.61 Å². The molecular weight excluding hydrogens is 440 g/mol. The second-order valence-electron chi connectivity index (χ2n) is 7.25. The number of esters is 1. The largest absolute Gasteiger partial charge is 0.492 e. The molecule has 1 aromatic heterocycles. The number of nitrogens with zero attached hydrogens (tertiary/aromatic N) is 4. The van der Waals surface area contributed by atoms with Crippen LogP contribution in [-0.4, -0.2) is 54.6 Å². The Hall–Kier alpha value is -4.03. The molecule has 33 heavy (non-hydrogen) atoms. The Morgan fingerprint density at radius 1 is 1.27 bits per heavy atom. The lowest BCUT2D eigenvalue weighted by atomic mass is 9.99. The summed E-state index contributed by atoms with van der Waals surface area (Å²) in [5.41, 5.74) is 0.520. The number of nitro groups is 1. The molecule has 1 heterocycles. The van der Waals surface area contributed by atoms with Crippen LogP contribution >= 0.6 is 0 Å². The van der Waals surface area contributed by atoms with E-state index in [2.05, 4.69) is 10.3 Å². The molecule has 0 spiro atoms. The van der Waals surface area contributed by atoms with Gasteiger partial charge in [-0.3, -0.25) is 24.5 Å². The predicted octanol–water partition coefficient (Wildman–Crippen LogP) is 2.13. The summed E-state index contributed by atoms with van der Waals surface area (Å²) in [6.45, 7) is 3.80. The summed E-state index contributed by atoms with van der Waals surface area (Å²) in [6.07, 6.45) is -0.573.